The van der Waals surface area contributed by atoms with Crippen molar-refractivity contribution in [3.63, 3.8) is 0 Å². The second-order valence-corrected chi connectivity index (χ2v) is 19.6. The third-order valence-electron chi connectivity index (χ3n) is 11.5. The van der Waals surface area contributed by atoms with Crippen molar-refractivity contribution in [3.05, 3.63) is 159 Å². The van der Waals surface area contributed by atoms with Crippen molar-refractivity contribution in [1.29, 1.82) is 21.0 Å². The molecule has 15 nitrogen and oxygen atoms in total. The lowest BCUT2D eigenvalue weighted by Gasteiger charge is -2.34. The summed E-state index contributed by atoms with van der Waals surface area (Å²) in [6.07, 6.45) is 0. The first-order valence-corrected chi connectivity index (χ1v) is 24.2. The van der Waals surface area contributed by atoms with Crippen LogP contribution in [0.15, 0.2) is 135 Å². The summed E-state index contributed by atoms with van der Waals surface area (Å²) in [4.78, 5) is 73.9. The Balaban J connectivity index is 1.06. The summed E-state index contributed by atoms with van der Waals surface area (Å²) in [6.45, 7) is -0.489. The monoisotopic (exact) mass is 988 g/mol. The summed E-state index contributed by atoms with van der Waals surface area (Å²) in [5.41, 5.74) is -1.52. The number of anilines is 1. The molecular formula is C51H24N8O7S4. The number of fused-ring (bicyclic) bond motifs is 9. The van der Waals surface area contributed by atoms with Crippen LogP contribution >= 0.6 is 45.8 Å². The fourth-order valence-corrected chi connectivity index (χ4v) is 13.4. The molecule has 3 aromatic heterocycles. The largest absolute Gasteiger partial charge is 0.457 e. The molecule has 0 radical (unpaired) electrons. The number of Topliss-reactive ketones (excluding diaryl/α,β-unsaturated/α-hetero) is 2. The molecule has 7 aromatic rings. The van der Waals surface area contributed by atoms with Gasteiger partial charge in [0, 0.05) is 22.3 Å². The zero-order valence-corrected chi connectivity index (χ0v) is 38.8. The smallest absolute Gasteiger partial charge is 0.367 e. The number of esters is 2. The fourth-order valence-electron chi connectivity index (χ4n) is 8.44. The number of thiophene rings is 2. The minimum Gasteiger partial charge on any atom is -0.457 e. The van der Waals surface area contributed by atoms with E-state index in [-0.39, 0.29) is 74.5 Å². The number of aliphatic imine (C=N–C) groups is 2. The van der Waals surface area contributed by atoms with E-state index in [1.165, 1.54) is 22.7 Å². The molecule has 1 atom stereocenters. The Morgan fingerprint density at radius 2 is 1.19 bits per heavy atom. The molecule has 4 aromatic carbocycles. The molecule has 1 N–H and O–H groups in total. The van der Waals surface area contributed by atoms with Crippen LogP contribution in [0, 0.1) is 45.3 Å². The first kappa shape index (κ1) is 43.7. The van der Waals surface area contributed by atoms with E-state index < -0.39 is 34.6 Å². The summed E-state index contributed by atoms with van der Waals surface area (Å²) in [5.74, 6) is -3.06. The summed E-state index contributed by atoms with van der Waals surface area (Å²) in [7, 11) is 0. The van der Waals surface area contributed by atoms with Crippen LogP contribution in [0.5, 0.6) is 5.75 Å². The number of benzene rings is 4. The van der Waals surface area contributed by atoms with E-state index in [1.807, 2.05) is 36.4 Å². The number of nitrogens with zero attached hydrogens (tertiary/aromatic N) is 7. The molecule has 0 saturated carbocycles. The first-order valence-electron chi connectivity index (χ1n) is 20.9. The average molecular weight is 989 g/mol. The van der Waals surface area contributed by atoms with Crippen molar-refractivity contribution in [2.75, 3.05) is 5.32 Å². The van der Waals surface area contributed by atoms with Crippen LogP contribution in [0.4, 0.5) is 10.1 Å². The highest BCUT2D eigenvalue weighted by molar-refractivity contribution is 8.00. The molecule has 4 aliphatic rings. The van der Waals surface area contributed by atoms with E-state index in [2.05, 4.69) is 10.3 Å². The number of carbonyl (C=O) groups excluding carboxylic acids is 4. The summed E-state index contributed by atoms with van der Waals surface area (Å²) < 4.78 is 19.3. The van der Waals surface area contributed by atoms with Gasteiger partial charge in [-0.15, -0.1) is 22.7 Å². The van der Waals surface area contributed by atoms with Gasteiger partial charge in [-0.2, -0.15) is 21.0 Å². The molecule has 0 bridgehead atoms. The first-order chi connectivity index (χ1) is 34.2. The molecule has 0 amide bonds. The lowest BCUT2D eigenvalue weighted by molar-refractivity contribution is -0.183. The van der Waals surface area contributed by atoms with Crippen LogP contribution in [0.2, 0.25) is 0 Å². The van der Waals surface area contributed by atoms with Crippen molar-refractivity contribution in [2.45, 2.75) is 29.2 Å². The molecule has 5 heterocycles. The standard InChI is InChI=1S/C51H24N8O7S4/c52-19-27(20-53)33-29-15-7-9-17-31(29)38(60)36(33)56-49-58-45-42(69-49)35-41(67-45)43-40(66-51(35,47(62)64-23-25-11-3-1-4-12-25)48(63)65-24-26-13-5-2-6-14-26)44-46(68-43)59-50(70-44)57-37-34(28(21-54)22-55)30-16-8-10-18-32(30)39(37)61/h1-18,49,58H,23-24H2. The molecule has 0 spiro atoms. The fraction of sp³-hybridized carbons (Fsp3) is 0.0784. The maximum atomic E-state index is 15.2. The quantitative estimate of drug-likeness (QED) is 0.0847. The summed E-state index contributed by atoms with van der Waals surface area (Å²) >= 11 is 4.49. The van der Waals surface area contributed by atoms with Crippen molar-refractivity contribution < 1.29 is 33.4 Å². The maximum absolute atomic E-state index is 15.2. The van der Waals surface area contributed by atoms with Crippen molar-refractivity contribution in [1.82, 2.24) is 4.98 Å². The van der Waals surface area contributed by atoms with Crippen LogP contribution in [-0.2, 0) is 37.9 Å². The predicted octanol–water partition coefficient (Wildman–Crippen LogP) is 9.87. The van der Waals surface area contributed by atoms with E-state index in [9.17, 15) is 30.6 Å². The molecular weight excluding hydrogens is 965 g/mol. The Hall–Kier alpha value is -8.82. The predicted molar refractivity (Wildman–Crippen MR) is 261 cm³/mol. The van der Waals surface area contributed by atoms with Crippen LogP contribution < -0.4 is 10.1 Å². The van der Waals surface area contributed by atoms with Crippen molar-refractivity contribution in [3.8, 4) is 39.8 Å². The SMILES string of the molecule is N#CC(C#N)=C1C(=Nc2nc3sc4c(c3s2)OC(C(=O)OCc2ccccc2)(C(=O)OCc2ccccc2)c2c-4sc3c2SC(N=C2C(=O)c4ccccc4C2=C(C#N)C#N)N3)C(=O)c2ccccc21. The molecule has 1 unspecified atom stereocenters. The van der Waals surface area contributed by atoms with Crippen LogP contribution in [0.25, 0.3) is 30.4 Å². The van der Waals surface area contributed by atoms with Gasteiger partial charge in [0.25, 0.3) is 0 Å². The highest BCUT2D eigenvalue weighted by Crippen LogP contribution is 2.63. The molecule has 70 heavy (non-hydrogen) atoms. The van der Waals surface area contributed by atoms with Gasteiger partial charge in [-0.3, -0.25) is 9.59 Å². The summed E-state index contributed by atoms with van der Waals surface area (Å²) in [6, 6.07) is 38.5. The third-order valence-corrected chi connectivity index (χ3v) is 16.2. The van der Waals surface area contributed by atoms with Gasteiger partial charge in [0.15, 0.2) is 11.2 Å². The molecule has 0 saturated heterocycles. The zero-order valence-electron chi connectivity index (χ0n) is 35.5. The zero-order chi connectivity index (χ0) is 48.3. The van der Waals surface area contributed by atoms with Gasteiger partial charge in [-0.1, -0.05) is 132 Å². The van der Waals surface area contributed by atoms with Crippen LogP contribution in [-0.4, -0.2) is 45.4 Å². The van der Waals surface area contributed by atoms with Gasteiger partial charge in [0.05, 0.1) is 20.2 Å². The van der Waals surface area contributed by atoms with Crippen molar-refractivity contribution >= 4 is 112 Å². The maximum Gasteiger partial charge on any atom is 0.367 e. The number of ether oxygens (including phenoxy) is 3. The number of hydrogen-bond donors (Lipinski definition) is 1. The van der Waals surface area contributed by atoms with Gasteiger partial charge in [-0.05, 0) is 22.3 Å². The Kier molecular flexibility index (Phi) is 10.8. The van der Waals surface area contributed by atoms with Crippen LogP contribution in [0.3, 0.4) is 0 Å². The topological polar surface area (TPSA) is 241 Å². The highest BCUT2D eigenvalue weighted by Gasteiger charge is 2.61. The van der Waals surface area contributed by atoms with Gasteiger partial charge < -0.3 is 19.5 Å². The molecule has 334 valence electrons. The highest BCUT2D eigenvalue weighted by atomic mass is 32.2. The van der Waals surface area contributed by atoms with Crippen LogP contribution in [0.1, 0.15) is 48.5 Å². The van der Waals surface area contributed by atoms with E-state index in [4.69, 9.17) is 24.2 Å². The average Bonchev–Trinajstić information content (AvgIpc) is 4.24. The number of rotatable bonds is 8. The lowest BCUT2D eigenvalue weighted by atomic mass is 9.90. The normalized spacial score (nSPS) is 16.7. The Morgan fingerprint density at radius 1 is 0.671 bits per heavy atom. The molecule has 11 rings (SSSR count). The number of thioether (sulfide) groups is 1. The number of aromatic nitrogens is 1. The number of nitriles is 4. The number of ketones is 2. The van der Waals surface area contributed by atoms with Gasteiger partial charge >= 0.3 is 17.5 Å². The number of nitrogens with one attached hydrogen (secondary N) is 1. The van der Waals surface area contributed by atoms with Gasteiger partial charge in [0.1, 0.15) is 74.6 Å². The number of allylic oxidation sites excluding steroid dienone is 4. The Bertz CT molecular complexity index is 3710. The van der Waals surface area contributed by atoms with E-state index >= 15 is 9.59 Å². The third kappa shape index (κ3) is 6.92. The van der Waals surface area contributed by atoms with Gasteiger partial charge in [-0.25, -0.2) is 24.6 Å². The number of carbonyl (C=O) groups is 4. The number of hydrogen-bond acceptors (Lipinski definition) is 19. The second-order valence-electron chi connectivity index (χ2n) is 15.5. The minimum absolute atomic E-state index is 0.0760. The van der Waals surface area contributed by atoms with Crippen molar-refractivity contribution in [2.24, 2.45) is 9.98 Å². The molecule has 19 heteroatoms. The van der Waals surface area contributed by atoms with Gasteiger partial charge in [0.2, 0.25) is 16.7 Å². The molecule has 0 fully saturated rings. The minimum atomic E-state index is -2.62. The Morgan fingerprint density at radius 3 is 1.74 bits per heavy atom. The number of thiazole rings is 1. The summed E-state index contributed by atoms with van der Waals surface area (Å²) in [5, 5.41) is 43.5. The van der Waals surface area contributed by atoms with E-state index in [1.54, 1.807) is 97.1 Å². The van der Waals surface area contributed by atoms with E-state index in [0.29, 0.717) is 51.4 Å². The van der Waals surface area contributed by atoms with E-state index in [0.717, 1.165) is 23.1 Å². The molecule has 2 aliphatic carbocycles. The second kappa shape index (κ2) is 17.4. The lowest BCUT2D eigenvalue weighted by Crippen LogP contribution is -2.52. The Labute approximate surface area is 412 Å². The molecule has 2 aliphatic heterocycles.